The molecule has 1 aromatic rings. The van der Waals surface area contributed by atoms with Crippen LogP contribution in [0.4, 0.5) is 0 Å². The minimum Gasteiger partial charge on any atom is -0.497 e. The van der Waals surface area contributed by atoms with Crippen molar-refractivity contribution >= 4 is 0 Å². The summed E-state index contributed by atoms with van der Waals surface area (Å²) in [5.41, 5.74) is 2.88. The summed E-state index contributed by atoms with van der Waals surface area (Å²) in [4.78, 5) is 0. The van der Waals surface area contributed by atoms with Crippen LogP contribution in [-0.2, 0) is 12.8 Å². The fourth-order valence-corrected chi connectivity index (χ4v) is 1.58. The third kappa shape index (κ3) is 4.37. The number of ether oxygens (including phenoxy) is 1. The Morgan fingerprint density at radius 1 is 1.07 bits per heavy atom. The fraction of sp³-hybridized carbons (Fsp3) is 0.571. The molecule has 1 aromatic carbocycles. The lowest BCUT2D eigenvalue weighted by molar-refractivity contribution is 0.414. The SMILES string of the molecule is CC.CCCc1cc(OC)ccc1CC. The van der Waals surface area contributed by atoms with Crippen molar-refractivity contribution in [2.75, 3.05) is 7.11 Å². The number of methoxy groups -OCH3 is 1. The van der Waals surface area contributed by atoms with Crippen molar-refractivity contribution in [1.29, 1.82) is 0 Å². The van der Waals surface area contributed by atoms with Gasteiger partial charge in [-0.15, -0.1) is 0 Å². The summed E-state index contributed by atoms with van der Waals surface area (Å²) >= 11 is 0. The lowest BCUT2D eigenvalue weighted by Gasteiger charge is -2.08. The summed E-state index contributed by atoms with van der Waals surface area (Å²) in [6.07, 6.45) is 3.46. The fourth-order valence-electron chi connectivity index (χ4n) is 1.58. The van der Waals surface area contributed by atoms with Crippen LogP contribution in [0.1, 0.15) is 45.2 Å². The molecule has 86 valence electrons. The molecule has 0 spiro atoms. The van der Waals surface area contributed by atoms with Gasteiger partial charge in [0.1, 0.15) is 5.75 Å². The highest BCUT2D eigenvalue weighted by Crippen LogP contribution is 2.19. The molecule has 0 amide bonds. The van der Waals surface area contributed by atoms with Gasteiger partial charge in [0.25, 0.3) is 0 Å². The molecule has 0 radical (unpaired) electrons. The molecular weight excluding hydrogens is 184 g/mol. The first-order chi connectivity index (χ1) is 7.31. The number of benzene rings is 1. The van der Waals surface area contributed by atoms with Gasteiger partial charge in [-0.2, -0.15) is 0 Å². The van der Waals surface area contributed by atoms with E-state index in [2.05, 4.69) is 26.0 Å². The molecule has 0 aliphatic rings. The quantitative estimate of drug-likeness (QED) is 0.719. The standard InChI is InChI=1S/C12H18O.C2H6/c1-4-6-11-9-12(13-3)8-7-10(11)5-2;1-2/h7-9H,4-6H2,1-3H3;1-2H3. The first kappa shape index (κ1) is 14.0. The Morgan fingerprint density at radius 2 is 1.73 bits per heavy atom. The van der Waals surface area contributed by atoms with E-state index in [1.807, 2.05) is 19.9 Å². The Hall–Kier alpha value is -0.980. The lowest BCUT2D eigenvalue weighted by Crippen LogP contribution is -1.93. The molecule has 0 heterocycles. The maximum absolute atomic E-state index is 5.20. The molecule has 0 aliphatic carbocycles. The van der Waals surface area contributed by atoms with Gasteiger partial charge in [-0.1, -0.05) is 40.2 Å². The maximum atomic E-state index is 5.20. The van der Waals surface area contributed by atoms with Gasteiger partial charge in [0.15, 0.2) is 0 Å². The van der Waals surface area contributed by atoms with Crippen LogP contribution < -0.4 is 4.74 Å². The largest absolute Gasteiger partial charge is 0.497 e. The number of hydrogen-bond acceptors (Lipinski definition) is 1. The maximum Gasteiger partial charge on any atom is 0.119 e. The van der Waals surface area contributed by atoms with Crippen LogP contribution in [0.15, 0.2) is 18.2 Å². The Kier molecular flexibility index (Phi) is 7.79. The Morgan fingerprint density at radius 3 is 2.20 bits per heavy atom. The predicted molar refractivity (Wildman–Crippen MR) is 67.7 cm³/mol. The van der Waals surface area contributed by atoms with Crippen molar-refractivity contribution in [3.63, 3.8) is 0 Å². The van der Waals surface area contributed by atoms with Crippen molar-refractivity contribution < 1.29 is 4.74 Å². The van der Waals surface area contributed by atoms with Gasteiger partial charge in [-0.25, -0.2) is 0 Å². The summed E-state index contributed by atoms with van der Waals surface area (Å²) in [7, 11) is 1.72. The van der Waals surface area contributed by atoms with Crippen LogP contribution in [0.25, 0.3) is 0 Å². The molecule has 0 fully saturated rings. The van der Waals surface area contributed by atoms with Crippen molar-refractivity contribution in [3.05, 3.63) is 29.3 Å². The van der Waals surface area contributed by atoms with Crippen LogP contribution >= 0.6 is 0 Å². The first-order valence-corrected chi connectivity index (χ1v) is 5.97. The highest BCUT2D eigenvalue weighted by molar-refractivity contribution is 5.35. The van der Waals surface area contributed by atoms with E-state index in [1.165, 1.54) is 17.5 Å². The average Bonchev–Trinajstić information content (AvgIpc) is 2.32. The van der Waals surface area contributed by atoms with Gasteiger partial charge < -0.3 is 4.74 Å². The summed E-state index contributed by atoms with van der Waals surface area (Å²) in [5.74, 6) is 0.973. The second-order valence-corrected chi connectivity index (χ2v) is 3.24. The Balaban J connectivity index is 0.000000921. The third-order valence-electron chi connectivity index (χ3n) is 2.31. The van der Waals surface area contributed by atoms with Crippen LogP contribution in [0, 0.1) is 0 Å². The molecule has 1 nitrogen and oxygen atoms in total. The summed E-state index contributed by atoms with van der Waals surface area (Å²) < 4.78 is 5.20. The monoisotopic (exact) mass is 208 g/mol. The lowest BCUT2D eigenvalue weighted by atomic mass is 10.0. The molecule has 0 atom stereocenters. The first-order valence-electron chi connectivity index (χ1n) is 5.97. The van der Waals surface area contributed by atoms with Gasteiger partial charge in [0, 0.05) is 0 Å². The molecule has 0 bridgehead atoms. The van der Waals surface area contributed by atoms with E-state index in [4.69, 9.17) is 4.74 Å². The smallest absolute Gasteiger partial charge is 0.119 e. The number of hydrogen-bond donors (Lipinski definition) is 0. The normalized spacial score (nSPS) is 9.13. The van der Waals surface area contributed by atoms with Crippen molar-refractivity contribution in [3.8, 4) is 5.75 Å². The van der Waals surface area contributed by atoms with E-state index in [0.29, 0.717) is 0 Å². The topological polar surface area (TPSA) is 9.23 Å². The van der Waals surface area contributed by atoms with Crippen molar-refractivity contribution in [2.45, 2.75) is 47.0 Å². The van der Waals surface area contributed by atoms with Crippen LogP contribution in [0.5, 0.6) is 5.75 Å². The Labute approximate surface area is 94.5 Å². The van der Waals surface area contributed by atoms with Crippen LogP contribution in [0.3, 0.4) is 0 Å². The molecular formula is C14H24O. The number of aryl methyl sites for hydroxylation is 2. The zero-order valence-corrected chi connectivity index (χ0v) is 10.8. The zero-order chi connectivity index (χ0) is 11.7. The van der Waals surface area contributed by atoms with Crippen LogP contribution in [-0.4, -0.2) is 7.11 Å². The molecule has 0 aromatic heterocycles. The van der Waals surface area contributed by atoms with E-state index in [-0.39, 0.29) is 0 Å². The highest BCUT2D eigenvalue weighted by Gasteiger charge is 2.01. The summed E-state index contributed by atoms with van der Waals surface area (Å²) in [5, 5.41) is 0. The van der Waals surface area contributed by atoms with E-state index >= 15 is 0 Å². The van der Waals surface area contributed by atoms with Gasteiger partial charge in [-0.05, 0) is 36.1 Å². The van der Waals surface area contributed by atoms with Gasteiger partial charge in [0.2, 0.25) is 0 Å². The molecule has 1 rings (SSSR count). The average molecular weight is 208 g/mol. The second kappa shape index (κ2) is 8.34. The van der Waals surface area contributed by atoms with Crippen LogP contribution in [0.2, 0.25) is 0 Å². The molecule has 0 aliphatic heterocycles. The summed E-state index contributed by atoms with van der Waals surface area (Å²) in [6.45, 7) is 8.40. The predicted octanol–water partition coefficient (Wildman–Crippen LogP) is 4.24. The van der Waals surface area contributed by atoms with E-state index in [0.717, 1.165) is 18.6 Å². The molecule has 1 heteroatoms. The minimum absolute atomic E-state index is 0.973. The van der Waals surface area contributed by atoms with E-state index in [9.17, 15) is 0 Å². The van der Waals surface area contributed by atoms with E-state index < -0.39 is 0 Å². The second-order valence-electron chi connectivity index (χ2n) is 3.24. The van der Waals surface area contributed by atoms with Gasteiger partial charge in [0.05, 0.1) is 7.11 Å². The van der Waals surface area contributed by atoms with Gasteiger partial charge >= 0.3 is 0 Å². The molecule has 15 heavy (non-hydrogen) atoms. The zero-order valence-electron chi connectivity index (χ0n) is 10.8. The molecule has 0 saturated heterocycles. The minimum atomic E-state index is 0.973. The summed E-state index contributed by atoms with van der Waals surface area (Å²) in [6, 6.07) is 6.37. The third-order valence-corrected chi connectivity index (χ3v) is 2.31. The van der Waals surface area contributed by atoms with Gasteiger partial charge in [-0.3, -0.25) is 0 Å². The van der Waals surface area contributed by atoms with Crippen molar-refractivity contribution in [1.82, 2.24) is 0 Å². The van der Waals surface area contributed by atoms with Crippen molar-refractivity contribution in [2.24, 2.45) is 0 Å². The molecule has 0 N–H and O–H groups in total. The van der Waals surface area contributed by atoms with E-state index in [1.54, 1.807) is 7.11 Å². The number of rotatable bonds is 4. The Bertz CT molecular complexity index is 266. The molecule has 0 unspecified atom stereocenters. The molecule has 0 saturated carbocycles. The highest BCUT2D eigenvalue weighted by atomic mass is 16.5.